The van der Waals surface area contributed by atoms with E-state index in [4.69, 9.17) is 0 Å². The predicted octanol–water partition coefficient (Wildman–Crippen LogP) is 6.44. The number of aryl methyl sites for hydroxylation is 3. The molecule has 0 radical (unpaired) electrons. The van der Waals surface area contributed by atoms with Gasteiger partial charge in [-0.3, -0.25) is 9.78 Å². The first-order valence-corrected chi connectivity index (χ1v) is 11.5. The van der Waals surface area contributed by atoms with Gasteiger partial charge in [0.05, 0.1) is 0 Å². The van der Waals surface area contributed by atoms with Gasteiger partial charge in [0.15, 0.2) is 0 Å². The maximum atomic E-state index is 12.5. The minimum atomic E-state index is 0.114. The number of rotatable bonds is 10. The first kappa shape index (κ1) is 23.5. The zero-order valence-corrected chi connectivity index (χ0v) is 19.5. The Hall–Kier alpha value is -3.20. The molecule has 0 saturated heterocycles. The lowest BCUT2D eigenvalue weighted by Gasteiger charge is -2.14. The van der Waals surface area contributed by atoms with Crippen molar-refractivity contribution in [3.63, 3.8) is 0 Å². The SMILES string of the molecule is Cc1cccc(C(=CCCC(=O)N[C@H](C)CCCc2cccnc2)c2cccc(C)c2)c1. The van der Waals surface area contributed by atoms with E-state index in [2.05, 4.69) is 91.7 Å². The number of benzene rings is 2. The third-order valence-corrected chi connectivity index (χ3v) is 5.61. The van der Waals surface area contributed by atoms with Crippen molar-refractivity contribution in [3.8, 4) is 0 Å². The monoisotopic (exact) mass is 426 g/mol. The molecule has 1 amide bonds. The van der Waals surface area contributed by atoms with Crippen molar-refractivity contribution >= 4 is 11.5 Å². The van der Waals surface area contributed by atoms with Gasteiger partial charge in [-0.2, -0.15) is 0 Å². The molecule has 3 rings (SSSR count). The molecule has 0 fully saturated rings. The zero-order valence-electron chi connectivity index (χ0n) is 19.5. The Morgan fingerprint density at radius 1 is 1.00 bits per heavy atom. The summed E-state index contributed by atoms with van der Waals surface area (Å²) in [5.41, 5.74) is 7.29. The average Bonchev–Trinajstić information content (AvgIpc) is 2.77. The Labute approximate surface area is 192 Å². The largest absolute Gasteiger partial charge is 0.354 e. The molecule has 1 N–H and O–H groups in total. The van der Waals surface area contributed by atoms with Gasteiger partial charge in [-0.05, 0) is 74.8 Å². The molecular weight excluding hydrogens is 392 g/mol. The summed E-state index contributed by atoms with van der Waals surface area (Å²) in [4.78, 5) is 16.7. The number of allylic oxidation sites excluding steroid dienone is 1. The first-order valence-electron chi connectivity index (χ1n) is 11.5. The second kappa shape index (κ2) is 12.0. The number of carbonyl (C=O) groups is 1. The number of pyridine rings is 1. The van der Waals surface area contributed by atoms with Gasteiger partial charge in [0.1, 0.15) is 0 Å². The summed E-state index contributed by atoms with van der Waals surface area (Å²) in [6.07, 6.45) is 10.1. The molecule has 2 aromatic carbocycles. The molecular formula is C29H34N2O. The predicted molar refractivity (Wildman–Crippen MR) is 133 cm³/mol. The van der Waals surface area contributed by atoms with Gasteiger partial charge in [-0.1, -0.05) is 71.8 Å². The fourth-order valence-electron chi connectivity index (χ4n) is 3.95. The summed E-state index contributed by atoms with van der Waals surface area (Å²) in [7, 11) is 0. The number of nitrogens with one attached hydrogen (secondary N) is 1. The Balaban J connectivity index is 1.55. The summed E-state index contributed by atoms with van der Waals surface area (Å²) in [5, 5.41) is 3.15. The van der Waals surface area contributed by atoms with Crippen LogP contribution < -0.4 is 5.32 Å². The van der Waals surface area contributed by atoms with E-state index in [1.807, 2.05) is 12.3 Å². The van der Waals surface area contributed by atoms with Crippen molar-refractivity contribution in [2.45, 2.75) is 58.9 Å². The molecule has 3 heteroatoms. The molecule has 0 aliphatic rings. The smallest absolute Gasteiger partial charge is 0.220 e. The maximum Gasteiger partial charge on any atom is 0.220 e. The molecule has 0 aliphatic carbocycles. The highest BCUT2D eigenvalue weighted by molar-refractivity contribution is 5.81. The van der Waals surface area contributed by atoms with Crippen molar-refractivity contribution < 1.29 is 4.79 Å². The van der Waals surface area contributed by atoms with Crippen LogP contribution in [0.1, 0.15) is 60.4 Å². The number of nitrogens with zero attached hydrogens (tertiary/aromatic N) is 1. The van der Waals surface area contributed by atoms with Crippen LogP contribution in [-0.4, -0.2) is 16.9 Å². The molecule has 0 saturated carbocycles. The highest BCUT2D eigenvalue weighted by atomic mass is 16.1. The first-order chi connectivity index (χ1) is 15.5. The van der Waals surface area contributed by atoms with E-state index in [0.717, 1.165) is 19.3 Å². The highest BCUT2D eigenvalue weighted by Gasteiger charge is 2.09. The second-order valence-electron chi connectivity index (χ2n) is 8.62. The van der Waals surface area contributed by atoms with Crippen LogP contribution in [0.2, 0.25) is 0 Å². The van der Waals surface area contributed by atoms with Crippen LogP contribution in [0, 0.1) is 13.8 Å². The highest BCUT2D eigenvalue weighted by Crippen LogP contribution is 2.26. The van der Waals surface area contributed by atoms with E-state index >= 15 is 0 Å². The molecule has 3 aromatic rings. The lowest BCUT2D eigenvalue weighted by molar-refractivity contribution is -0.121. The molecule has 0 spiro atoms. The summed E-state index contributed by atoms with van der Waals surface area (Å²) in [6.45, 7) is 6.31. The van der Waals surface area contributed by atoms with Gasteiger partial charge < -0.3 is 5.32 Å². The number of amides is 1. The molecule has 1 heterocycles. The molecule has 0 aliphatic heterocycles. The molecule has 3 nitrogen and oxygen atoms in total. The Bertz CT molecular complexity index is 992. The molecule has 0 bridgehead atoms. The van der Waals surface area contributed by atoms with Gasteiger partial charge in [0, 0.05) is 24.9 Å². The van der Waals surface area contributed by atoms with Crippen molar-refractivity contribution in [2.75, 3.05) is 0 Å². The third-order valence-electron chi connectivity index (χ3n) is 5.61. The quantitative estimate of drug-likeness (QED) is 0.405. The Kier molecular flexibility index (Phi) is 8.79. The van der Waals surface area contributed by atoms with Crippen molar-refractivity contribution in [2.24, 2.45) is 0 Å². The van der Waals surface area contributed by atoms with E-state index in [1.165, 1.54) is 33.4 Å². The molecule has 1 aromatic heterocycles. The van der Waals surface area contributed by atoms with Gasteiger partial charge in [-0.25, -0.2) is 0 Å². The van der Waals surface area contributed by atoms with Crippen LogP contribution in [0.3, 0.4) is 0 Å². The lowest BCUT2D eigenvalue weighted by atomic mass is 9.94. The van der Waals surface area contributed by atoms with Crippen LogP contribution >= 0.6 is 0 Å². The fourth-order valence-corrected chi connectivity index (χ4v) is 3.95. The van der Waals surface area contributed by atoms with Crippen LogP contribution in [0.5, 0.6) is 0 Å². The van der Waals surface area contributed by atoms with E-state index in [9.17, 15) is 4.79 Å². The molecule has 32 heavy (non-hydrogen) atoms. The van der Waals surface area contributed by atoms with Gasteiger partial charge >= 0.3 is 0 Å². The van der Waals surface area contributed by atoms with Crippen molar-refractivity contribution in [1.82, 2.24) is 10.3 Å². The fraction of sp³-hybridized carbons (Fsp3) is 0.310. The normalized spacial score (nSPS) is 11.6. The third kappa shape index (κ3) is 7.49. The van der Waals surface area contributed by atoms with Gasteiger partial charge in [-0.15, -0.1) is 0 Å². The van der Waals surface area contributed by atoms with Crippen molar-refractivity contribution in [3.05, 3.63) is 107 Å². The number of hydrogen-bond donors (Lipinski definition) is 1. The van der Waals surface area contributed by atoms with E-state index in [-0.39, 0.29) is 11.9 Å². The second-order valence-corrected chi connectivity index (χ2v) is 8.62. The zero-order chi connectivity index (χ0) is 22.8. The van der Waals surface area contributed by atoms with Crippen LogP contribution in [0.15, 0.2) is 79.1 Å². The summed E-state index contributed by atoms with van der Waals surface area (Å²) in [6, 6.07) is 21.4. The van der Waals surface area contributed by atoms with Gasteiger partial charge in [0.2, 0.25) is 5.91 Å². The summed E-state index contributed by atoms with van der Waals surface area (Å²) in [5.74, 6) is 0.114. The number of hydrogen-bond acceptors (Lipinski definition) is 2. The average molecular weight is 427 g/mol. The number of aromatic nitrogens is 1. The minimum absolute atomic E-state index is 0.114. The molecule has 166 valence electrons. The van der Waals surface area contributed by atoms with Crippen LogP contribution in [0.4, 0.5) is 0 Å². The van der Waals surface area contributed by atoms with E-state index in [0.29, 0.717) is 12.8 Å². The Morgan fingerprint density at radius 2 is 1.69 bits per heavy atom. The van der Waals surface area contributed by atoms with E-state index in [1.54, 1.807) is 6.20 Å². The minimum Gasteiger partial charge on any atom is -0.354 e. The Morgan fingerprint density at radius 3 is 2.28 bits per heavy atom. The summed E-state index contributed by atoms with van der Waals surface area (Å²) >= 11 is 0. The lowest BCUT2D eigenvalue weighted by Crippen LogP contribution is -2.32. The van der Waals surface area contributed by atoms with Crippen LogP contribution in [0.25, 0.3) is 5.57 Å². The topological polar surface area (TPSA) is 42.0 Å². The van der Waals surface area contributed by atoms with E-state index < -0.39 is 0 Å². The number of carbonyl (C=O) groups excluding carboxylic acids is 1. The molecule has 0 unspecified atom stereocenters. The summed E-state index contributed by atoms with van der Waals surface area (Å²) < 4.78 is 0. The van der Waals surface area contributed by atoms with Crippen LogP contribution in [-0.2, 0) is 11.2 Å². The molecule has 1 atom stereocenters. The van der Waals surface area contributed by atoms with Gasteiger partial charge in [0.25, 0.3) is 0 Å². The standard InChI is InChI=1S/C29H34N2O/c1-22-9-4-14-26(19-22)28(27-15-5-10-23(2)20-27)16-7-17-29(32)31-24(3)11-6-12-25-13-8-18-30-21-25/h4-5,8-10,13-16,18-21,24H,6-7,11-12,17H2,1-3H3,(H,31,32)/t24-/m1/s1. The maximum absolute atomic E-state index is 12.5. The van der Waals surface area contributed by atoms with Crippen molar-refractivity contribution in [1.29, 1.82) is 0 Å².